The molecule has 5 aliphatic heterocycles. The Hall–Kier alpha value is -3.39. The standard InChI is InChI=1S/C23H19N3O5/c27-20-18-15-6-3-9-25(15)23(13-4-1-2-5-14(13)24-22(23)29)19(18)21(28)26(20)12-7-8-16-17(10-12)31-11-30-16/h1-2,4-5,7-8,10,15,18-19H,3,6,9,11H2,(H,24,29)/p+1/t15-,18-,19+,23+/m1/s1. The fraction of sp³-hybridized carbons (Fsp3) is 0.348. The predicted octanol–water partition coefficient (Wildman–Crippen LogP) is 0.429. The molecule has 0 saturated carbocycles. The van der Waals surface area contributed by atoms with Crippen molar-refractivity contribution >= 4 is 29.1 Å². The van der Waals surface area contributed by atoms with Crippen LogP contribution in [-0.4, -0.2) is 37.1 Å². The Morgan fingerprint density at radius 1 is 1.03 bits per heavy atom. The summed E-state index contributed by atoms with van der Waals surface area (Å²) < 4.78 is 10.8. The van der Waals surface area contributed by atoms with Crippen molar-refractivity contribution in [2.24, 2.45) is 11.8 Å². The molecule has 8 heteroatoms. The number of nitrogens with one attached hydrogen (secondary N) is 2. The van der Waals surface area contributed by atoms with Crippen LogP contribution in [0.5, 0.6) is 11.5 Å². The van der Waals surface area contributed by atoms with Gasteiger partial charge in [-0.05, 0) is 18.2 Å². The third-order valence-corrected chi connectivity index (χ3v) is 7.74. The van der Waals surface area contributed by atoms with Gasteiger partial charge in [-0.3, -0.25) is 14.4 Å². The van der Waals surface area contributed by atoms with E-state index in [9.17, 15) is 14.4 Å². The highest BCUT2D eigenvalue weighted by Gasteiger charge is 2.78. The lowest BCUT2D eigenvalue weighted by atomic mass is 9.75. The molecule has 0 aliphatic carbocycles. The Morgan fingerprint density at radius 3 is 2.77 bits per heavy atom. The first-order valence-electron chi connectivity index (χ1n) is 10.7. The number of ether oxygens (including phenoxy) is 2. The summed E-state index contributed by atoms with van der Waals surface area (Å²) in [5.74, 6) is -0.801. The van der Waals surface area contributed by atoms with E-state index in [2.05, 4.69) is 5.32 Å². The fourth-order valence-electron chi connectivity index (χ4n) is 6.70. The molecule has 2 N–H and O–H groups in total. The second kappa shape index (κ2) is 5.64. The zero-order valence-corrected chi connectivity index (χ0v) is 16.6. The lowest BCUT2D eigenvalue weighted by Crippen LogP contribution is -3.19. The molecule has 0 radical (unpaired) electrons. The smallest absolute Gasteiger partial charge is 0.291 e. The molecule has 8 nitrogen and oxygen atoms in total. The molecule has 7 rings (SSSR count). The van der Waals surface area contributed by atoms with Crippen LogP contribution in [0.25, 0.3) is 0 Å². The second-order valence-electron chi connectivity index (χ2n) is 8.88. The van der Waals surface area contributed by atoms with Gasteiger partial charge in [-0.2, -0.15) is 0 Å². The van der Waals surface area contributed by atoms with Crippen LogP contribution in [0.1, 0.15) is 18.4 Å². The lowest BCUT2D eigenvalue weighted by molar-refractivity contribution is -0.948. The molecule has 3 amide bonds. The number of imide groups is 1. The monoisotopic (exact) mass is 418 g/mol. The number of carbonyl (C=O) groups is 3. The number of rotatable bonds is 1. The summed E-state index contributed by atoms with van der Waals surface area (Å²) >= 11 is 0. The number of anilines is 2. The van der Waals surface area contributed by atoms with Gasteiger partial charge < -0.3 is 19.7 Å². The van der Waals surface area contributed by atoms with Gasteiger partial charge in [0, 0.05) is 24.5 Å². The van der Waals surface area contributed by atoms with Crippen molar-refractivity contribution in [1.29, 1.82) is 0 Å². The summed E-state index contributed by atoms with van der Waals surface area (Å²) in [6.45, 7) is 0.899. The highest BCUT2D eigenvalue weighted by molar-refractivity contribution is 6.25. The largest absolute Gasteiger partial charge is 0.454 e. The molecule has 2 aromatic rings. The number of quaternary nitrogens is 1. The Bertz CT molecular complexity index is 1200. The molecule has 1 unspecified atom stereocenters. The highest BCUT2D eigenvalue weighted by atomic mass is 16.7. The Kier molecular flexibility index (Phi) is 3.15. The molecule has 1 spiro atoms. The number of fused-ring (bicyclic) bond motifs is 8. The molecular formula is C23H20N3O5+. The van der Waals surface area contributed by atoms with E-state index in [-0.39, 0.29) is 30.6 Å². The first-order chi connectivity index (χ1) is 15.1. The van der Waals surface area contributed by atoms with Gasteiger partial charge in [0.25, 0.3) is 5.91 Å². The van der Waals surface area contributed by atoms with Crippen LogP contribution in [0.15, 0.2) is 42.5 Å². The van der Waals surface area contributed by atoms with Crippen molar-refractivity contribution in [3.05, 3.63) is 48.0 Å². The quantitative estimate of drug-likeness (QED) is 0.656. The van der Waals surface area contributed by atoms with E-state index in [1.807, 2.05) is 24.3 Å². The topological polar surface area (TPSA) is 89.4 Å². The maximum Gasteiger partial charge on any atom is 0.291 e. The minimum atomic E-state index is -1.06. The minimum Gasteiger partial charge on any atom is -0.454 e. The van der Waals surface area contributed by atoms with Crippen molar-refractivity contribution in [2.75, 3.05) is 23.6 Å². The number of nitrogens with zero attached hydrogens (tertiary/aromatic N) is 1. The van der Waals surface area contributed by atoms with Gasteiger partial charge in [-0.1, -0.05) is 18.2 Å². The van der Waals surface area contributed by atoms with Crippen LogP contribution in [0, 0.1) is 11.8 Å². The average molecular weight is 418 g/mol. The Balaban J connectivity index is 1.40. The van der Waals surface area contributed by atoms with Crippen molar-refractivity contribution in [2.45, 2.75) is 24.4 Å². The summed E-state index contributed by atoms with van der Waals surface area (Å²) in [5.41, 5.74) is 0.992. The third kappa shape index (κ3) is 1.88. The normalized spacial score (nSPS) is 34.3. The summed E-state index contributed by atoms with van der Waals surface area (Å²) in [7, 11) is 0. The molecule has 3 saturated heterocycles. The van der Waals surface area contributed by atoms with Crippen LogP contribution in [0.4, 0.5) is 11.4 Å². The van der Waals surface area contributed by atoms with Crippen molar-refractivity contribution in [3.63, 3.8) is 0 Å². The minimum absolute atomic E-state index is 0.0441. The van der Waals surface area contributed by atoms with Gasteiger partial charge >= 0.3 is 0 Å². The maximum atomic E-state index is 13.9. The van der Waals surface area contributed by atoms with Crippen LogP contribution in [0.3, 0.4) is 0 Å². The molecule has 156 valence electrons. The molecule has 0 bridgehead atoms. The summed E-state index contributed by atoms with van der Waals surface area (Å²) in [6.07, 6.45) is 1.77. The van der Waals surface area contributed by atoms with Gasteiger partial charge in [0.1, 0.15) is 17.9 Å². The lowest BCUT2D eigenvalue weighted by Gasteiger charge is -2.33. The highest BCUT2D eigenvalue weighted by Crippen LogP contribution is 2.52. The average Bonchev–Trinajstić information content (AvgIpc) is 3.54. The van der Waals surface area contributed by atoms with Crippen LogP contribution in [0.2, 0.25) is 0 Å². The van der Waals surface area contributed by atoms with E-state index in [0.29, 0.717) is 17.2 Å². The summed E-state index contributed by atoms with van der Waals surface area (Å²) in [6, 6.07) is 12.6. The van der Waals surface area contributed by atoms with E-state index in [0.717, 1.165) is 35.5 Å². The number of amides is 3. The van der Waals surface area contributed by atoms with E-state index in [4.69, 9.17) is 9.47 Å². The van der Waals surface area contributed by atoms with Gasteiger partial charge in [0.2, 0.25) is 24.1 Å². The zero-order valence-electron chi connectivity index (χ0n) is 16.6. The van der Waals surface area contributed by atoms with Crippen LogP contribution >= 0.6 is 0 Å². The van der Waals surface area contributed by atoms with Gasteiger partial charge in [-0.15, -0.1) is 0 Å². The molecular weight excluding hydrogens is 398 g/mol. The number of hydrogen-bond donors (Lipinski definition) is 2. The first kappa shape index (κ1) is 17.3. The van der Waals surface area contributed by atoms with Crippen molar-refractivity contribution in [3.8, 4) is 11.5 Å². The van der Waals surface area contributed by atoms with Crippen LogP contribution in [-0.2, 0) is 19.9 Å². The van der Waals surface area contributed by atoms with Gasteiger partial charge in [0.05, 0.1) is 17.9 Å². The molecule has 31 heavy (non-hydrogen) atoms. The predicted molar refractivity (Wildman–Crippen MR) is 108 cm³/mol. The third-order valence-electron chi connectivity index (χ3n) is 7.74. The van der Waals surface area contributed by atoms with E-state index < -0.39 is 17.4 Å². The maximum absolute atomic E-state index is 13.9. The first-order valence-corrected chi connectivity index (χ1v) is 10.7. The fourth-order valence-corrected chi connectivity index (χ4v) is 6.70. The van der Waals surface area contributed by atoms with Crippen molar-refractivity contribution < 1.29 is 28.8 Å². The Labute approximate surface area is 177 Å². The summed E-state index contributed by atoms with van der Waals surface area (Å²) in [4.78, 5) is 43.4. The number of hydrogen-bond acceptors (Lipinski definition) is 5. The number of benzene rings is 2. The van der Waals surface area contributed by atoms with Gasteiger partial charge in [0.15, 0.2) is 11.5 Å². The molecule has 3 fully saturated rings. The Morgan fingerprint density at radius 2 is 1.87 bits per heavy atom. The molecule has 2 aromatic carbocycles. The molecule has 5 heterocycles. The molecule has 5 atom stereocenters. The van der Waals surface area contributed by atoms with Crippen molar-refractivity contribution in [1.82, 2.24) is 0 Å². The zero-order chi connectivity index (χ0) is 20.9. The van der Waals surface area contributed by atoms with E-state index in [1.165, 1.54) is 4.90 Å². The van der Waals surface area contributed by atoms with Crippen LogP contribution < -0.4 is 24.6 Å². The molecule has 5 aliphatic rings. The number of para-hydroxylation sites is 1. The van der Waals surface area contributed by atoms with E-state index >= 15 is 0 Å². The molecule has 0 aromatic heterocycles. The SMILES string of the molecule is O=C1[C@@H]2[C@H]3CCC[NH+]3[C@]3(C(=O)Nc4ccccc43)[C@@H]2C(=O)N1c1ccc2c(c1)OCO2. The summed E-state index contributed by atoms with van der Waals surface area (Å²) in [5, 5.41) is 3.00. The van der Waals surface area contributed by atoms with E-state index in [1.54, 1.807) is 18.2 Å². The number of carbonyl (C=O) groups excluding carboxylic acids is 3. The van der Waals surface area contributed by atoms with Gasteiger partial charge in [-0.25, -0.2) is 4.90 Å². The second-order valence-corrected chi connectivity index (χ2v) is 8.88.